The summed E-state index contributed by atoms with van der Waals surface area (Å²) in [7, 11) is 0. The van der Waals surface area contributed by atoms with E-state index in [0.29, 0.717) is 39.2 Å². The predicted molar refractivity (Wildman–Crippen MR) is 117 cm³/mol. The first-order chi connectivity index (χ1) is 14.8. The third-order valence-corrected chi connectivity index (χ3v) is 5.53. The van der Waals surface area contributed by atoms with Crippen molar-refractivity contribution >= 4 is 22.7 Å². The molecule has 146 valence electrons. The Labute approximate surface area is 176 Å². The van der Waals surface area contributed by atoms with Crippen LogP contribution in [-0.4, -0.2) is 19.5 Å². The SMILES string of the molecule is O=c1c2ccccc2nc(SCc2cnc(-c3ccccc3)o2)n1-c1cccnc1. The molecule has 6 nitrogen and oxygen atoms in total. The van der Waals surface area contributed by atoms with Crippen LogP contribution in [0, 0.1) is 0 Å². The number of fused-ring (bicyclic) bond motifs is 1. The molecule has 0 radical (unpaired) electrons. The van der Waals surface area contributed by atoms with Crippen LogP contribution in [0.25, 0.3) is 28.0 Å². The van der Waals surface area contributed by atoms with Crippen LogP contribution in [0.2, 0.25) is 0 Å². The first-order valence-electron chi connectivity index (χ1n) is 9.35. The number of hydrogen-bond donors (Lipinski definition) is 0. The summed E-state index contributed by atoms with van der Waals surface area (Å²) in [6, 6.07) is 20.7. The van der Waals surface area contributed by atoms with E-state index in [1.807, 2.05) is 54.6 Å². The van der Waals surface area contributed by atoms with Gasteiger partial charge >= 0.3 is 0 Å². The molecule has 7 heteroatoms. The molecule has 0 fully saturated rings. The number of thioether (sulfide) groups is 1. The third-order valence-electron chi connectivity index (χ3n) is 4.57. The number of para-hydroxylation sites is 1. The summed E-state index contributed by atoms with van der Waals surface area (Å²) >= 11 is 1.42. The van der Waals surface area contributed by atoms with Crippen molar-refractivity contribution in [2.75, 3.05) is 0 Å². The van der Waals surface area contributed by atoms with Gasteiger partial charge in [-0.05, 0) is 36.4 Å². The van der Waals surface area contributed by atoms with E-state index in [1.165, 1.54) is 11.8 Å². The summed E-state index contributed by atoms with van der Waals surface area (Å²) in [6.45, 7) is 0. The maximum Gasteiger partial charge on any atom is 0.266 e. The highest BCUT2D eigenvalue weighted by molar-refractivity contribution is 7.98. The number of hydrogen-bond acceptors (Lipinski definition) is 6. The van der Waals surface area contributed by atoms with E-state index in [0.717, 1.165) is 5.56 Å². The molecular formula is C23H16N4O2S. The predicted octanol–water partition coefficient (Wildman–Crippen LogP) is 4.73. The minimum atomic E-state index is -0.126. The summed E-state index contributed by atoms with van der Waals surface area (Å²) in [5.74, 6) is 1.77. The largest absolute Gasteiger partial charge is 0.440 e. The van der Waals surface area contributed by atoms with Gasteiger partial charge in [0.15, 0.2) is 5.16 Å². The van der Waals surface area contributed by atoms with Crippen molar-refractivity contribution in [2.24, 2.45) is 0 Å². The third kappa shape index (κ3) is 3.51. The Bertz CT molecular complexity index is 1360. The molecule has 0 amide bonds. The fourth-order valence-electron chi connectivity index (χ4n) is 3.15. The van der Waals surface area contributed by atoms with Crippen LogP contribution >= 0.6 is 11.8 Å². The fraction of sp³-hybridized carbons (Fsp3) is 0.0435. The first-order valence-corrected chi connectivity index (χ1v) is 10.3. The number of benzene rings is 2. The quantitative estimate of drug-likeness (QED) is 0.307. The number of aromatic nitrogens is 4. The highest BCUT2D eigenvalue weighted by Gasteiger charge is 2.15. The minimum absolute atomic E-state index is 0.126. The Morgan fingerprint density at radius 2 is 1.77 bits per heavy atom. The zero-order valence-electron chi connectivity index (χ0n) is 15.8. The van der Waals surface area contributed by atoms with Gasteiger partial charge < -0.3 is 4.42 Å². The van der Waals surface area contributed by atoms with Gasteiger partial charge in [0.25, 0.3) is 5.56 Å². The van der Waals surface area contributed by atoms with E-state index in [1.54, 1.807) is 35.3 Å². The Hall–Kier alpha value is -3.71. The van der Waals surface area contributed by atoms with Gasteiger partial charge in [0.05, 0.1) is 34.7 Å². The maximum atomic E-state index is 13.2. The van der Waals surface area contributed by atoms with Crippen LogP contribution in [0.1, 0.15) is 5.76 Å². The van der Waals surface area contributed by atoms with Gasteiger partial charge in [-0.1, -0.05) is 42.1 Å². The average molecular weight is 412 g/mol. The average Bonchev–Trinajstić information content (AvgIpc) is 3.28. The van der Waals surface area contributed by atoms with E-state index in [4.69, 9.17) is 9.40 Å². The highest BCUT2D eigenvalue weighted by Crippen LogP contribution is 2.26. The fourth-order valence-corrected chi connectivity index (χ4v) is 4.03. The van der Waals surface area contributed by atoms with Crippen molar-refractivity contribution in [2.45, 2.75) is 10.9 Å². The van der Waals surface area contributed by atoms with Crippen LogP contribution in [0.4, 0.5) is 0 Å². The molecule has 3 aromatic heterocycles. The molecule has 0 unspecified atom stereocenters. The van der Waals surface area contributed by atoms with Gasteiger partial charge in [0.2, 0.25) is 5.89 Å². The molecule has 3 heterocycles. The van der Waals surface area contributed by atoms with Gasteiger partial charge in [-0.2, -0.15) is 0 Å². The second kappa shape index (κ2) is 7.96. The van der Waals surface area contributed by atoms with E-state index >= 15 is 0 Å². The van der Waals surface area contributed by atoms with Gasteiger partial charge in [0, 0.05) is 11.8 Å². The summed E-state index contributed by atoms with van der Waals surface area (Å²) in [5.41, 5.74) is 2.13. The van der Waals surface area contributed by atoms with E-state index < -0.39 is 0 Å². The molecule has 0 N–H and O–H groups in total. The smallest absolute Gasteiger partial charge is 0.266 e. The van der Waals surface area contributed by atoms with Crippen molar-refractivity contribution in [3.8, 4) is 17.1 Å². The lowest BCUT2D eigenvalue weighted by Crippen LogP contribution is -2.21. The monoisotopic (exact) mass is 412 g/mol. The zero-order chi connectivity index (χ0) is 20.3. The highest BCUT2D eigenvalue weighted by atomic mass is 32.2. The molecule has 30 heavy (non-hydrogen) atoms. The lowest BCUT2D eigenvalue weighted by Gasteiger charge is -2.12. The lowest BCUT2D eigenvalue weighted by molar-refractivity contribution is 0.538. The van der Waals surface area contributed by atoms with E-state index in [2.05, 4.69) is 9.97 Å². The molecule has 2 aromatic carbocycles. The van der Waals surface area contributed by atoms with Crippen LogP contribution in [0.15, 0.2) is 99.7 Å². The second-order valence-corrected chi connectivity index (χ2v) is 7.49. The molecule has 0 aliphatic carbocycles. The zero-order valence-corrected chi connectivity index (χ0v) is 16.6. The van der Waals surface area contributed by atoms with Crippen LogP contribution < -0.4 is 5.56 Å². The Kier molecular flexibility index (Phi) is 4.86. The number of nitrogens with zero attached hydrogens (tertiary/aromatic N) is 4. The number of rotatable bonds is 5. The van der Waals surface area contributed by atoms with Gasteiger partial charge in [-0.15, -0.1) is 0 Å². The topological polar surface area (TPSA) is 73.8 Å². The molecule has 0 aliphatic rings. The van der Waals surface area contributed by atoms with Crippen molar-refractivity contribution < 1.29 is 4.42 Å². The summed E-state index contributed by atoms with van der Waals surface area (Å²) < 4.78 is 7.49. The van der Waals surface area contributed by atoms with Crippen molar-refractivity contribution in [1.82, 2.24) is 19.5 Å². The first kappa shape index (κ1) is 18.3. The standard InChI is InChI=1S/C23H16N4O2S/c28-22-19-10-4-5-11-20(19)26-23(27(22)17-9-6-12-24-13-17)30-15-18-14-25-21(29-18)16-7-2-1-3-8-16/h1-14H,15H2. The molecule has 0 saturated heterocycles. The Balaban J connectivity index is 1.51. The molecule has 0 bridgehead atoms. The normalized spacial score (nSPS) is 11.1. The number of oxazole rings is 1. The van der Waals surface area contributed by atoms with Crippen molar-refractivity contribution in [3.63, 3.8) is 0 Å². The maximum absolute atomic E-state index is 13.2. The molecular weight excluding hydrogens is 396 g/mol. The molecule has 0 aliphatic heterocycles. The summed E-state index contributed by atoms with van der Waals surface area (Å²) in [6.07, 6.45) is 5.04. The Morgan fingerprint density at radius 1 is 0.933 bits per heavy atom. The van der Waals surface area contributed by atoms with E-state index in [-0.39, 0.29) is 5.56 Å². The van der Waals surface area contributed by atoms with Crippen LogP contribution in [0.5, 0.6) is 0 Å². The van der Waals surface area contributed by atoms with Crippen molar-refractivity contribution in [1.29, 1.82) is 0 Å². The molecule has 5 rings (SSSR count). The molecule has 0 saturated carbocycles. The van der Waals surface area contributed by atoms with Gasteiger partial charge in [0.1, 0.15) is 5.76 Å². The van der Waals surface area contributed by atoms with Gasteiger partial charge in [-0.3, -0.25) is 14.3 Å². The Morgan fingerprint density at radius 3 is 2.60 bits per heavy atom. The van der Waals surface area contributed by atoms with Crippen molar-refractivity contribution in [3.05, 3.63) is 101 Å². The molecule has 5 aromatic rings. The summed E-state index contributed by atoms with van der Waals surface area (Å²) in [4.78, 5) is 26.4. The second-order valence-electron chi connectivity index (χ2n) is 6.55. The molecule has 0 atom stereocenters. The van der Waals surface area contributed by atoms with Crippen LogP contribution in [-0.2, 0) is 5.75 Å². The van der Waals surface area contributed by atoms with E-state index in [9.17, 15) is 4.79 Å². The summed E-state index contributed by atoms with van der Waals surface area (Å²) in [5, 5.41) is 1.14. The van der Waals surface area contributed by atoms with Gasteiger partial charge in [-0.25, -0.2) is 9.97 Å². The molecule has 0 spiro atoms. The lowest BCUT2D eigenvalue weighted by atomic mass is 10.2. The minimum Gasteiger partial charge on any atom is -0.440 e. The number of pyridine rings is 1. The van der Waals surface area contributed by atoms with Crippen LogP contribution in [0.3, 0.4) is 0 Å².